The molecule has 0 bridgehead atoms. The summed E-state index contributed by atoms with van der Waals surface area (Å²) in [4.78, 5) is 4.23. The molecule has 0 atom stereocenters. The average molecular weight is 411 g/mol. The molecule has 2 aromatic carbocycles. The molecule has 0 saturated carbocycles. The predicted octanol–water partition coefficient (Wildman–Crippen LogP) is 3.82. The molecular formula is C25H24N5O+. The lowest BCUT2D eigenvalue weighted by molar-refractivity contribution is -0.408. The van der Waals surface area contributed by atoms with Crippen LogP contribution in [-0.2, 0) is 19.4 Å². The Kier molecular flexibility index (Phi) is 5.27. The van der Waals surface area contributed by atoms with E-state index in [-0.39, 0.29) is 0 Å². The topological polar surface area (TPSA) is 54.8 Å². The molecule has 0 spiro atoms. The van der Waals surface area contributed by atoms with E-state index in [9.17, 15) is 0 Å². The third kappa shape index (κ3) is 3.97. The highest BCUT2D eigenvalue weighted by Gasteiger charge is 2.12. The molecule has 154 valence electrons. The zero-order valence-corrected chi connectivity index (χ0v) is 17.5. The number of aryl methyl sites for hydroxylation is 2. The summed E-state index contributed by atoms with van der Waals surface area (Å²) in [5, 5.41) is 8.59. The fourth-order valence-electron chi connectivity index (χ4n) is 4.02. The number of aromatic nitrogens is 3. The van der Waals surface area contributed by atoms with Gasteiger partial charge in [0.15, 0.2) is 12.2 Å². The maximum Gasteiger partial charge on any atom is 0.280 e. The van der Waals surface area contributed by atoms with Crippen molar-refractivity contribution >= 4 is 18.2 Å². The molecule has 5 rings (SSSR count). The number of nitrogens with zero attached hydrogens (tertiary/aromatic N) is 5. The molecule has 0 N–H and O–H groups in total. The lowest BCUT2D eigenvalue weighted by Crippen LogP contribution is -2.06. The van der Waals surface area contributed by atoms with Gasteiger partial charge in [0.1, 0.15) is 24.8 Å². The van der Waals surface area contributed by atoms with Crippen molar-refractivity contribution in [2.45, 2.75) is 19.4 Å². The van der Waals surface area contributed by atoms with Crippen LogP contribution in [0.15, 0.2) is 72.0 Å². The van der Waals surface area contributed by atoms with Crippen molar-refractivity contribution in [2.75, 3.05) is 13.7 Å². The Morgan fingerprint density at radius 3 is 2.68 bits per heavy atom. The summed E-state index contributed by atoms with van der Waals surface area (Å²) in [7, 11) is 1.72. The van der Waals surface area contributed by atoms with Gasteiger partial charge in [-0.05, 0) is 47.7 Å². The minimum atomic E-state index is 0.770. The SMILES string of the molecule is COc1ccccc1CCc1ccc(-c2ccc(C[N+]3=CCN=C3)cc2)c2nncn12. The first-order chi connectivity index (χ1) is 15.3. The molecule has 4 aromatic rings. The minimum absolute atomic E-state index is 0.770. The van der Waals surface area contributed by atoms with Gasteiger partial charge in [-0.15, -0.1) is 10.2 Å². The number of hydrogen-bond donors (Lipinski definition) is 0. The molecule has 1 aliphatic heterocycles. The van der Waals surface area contributed by atoms with Crippen LogP contribution in [0.3, 0.4) is 0 Å². The number of hydrogen-bond acceptors (Lipinski definition) is 4. The fraction of sp³-hybridized carbons (Fsp3) is 0.200. The monoisotopic (exact) mass is 410 g/mol. The van der Waals surface area contributed by atoms with E-state index in [4.69, 9.17) is 4.74 Å². The van der Waals surface area contributed by atoms with Crippen molar-refractivity contribution in [3.63, 3.8) is 0 Å². The summed E-state index contributed by atoms with van der Waals surface area (Å²) >= 11 is 0. The van der Waals surface area contributed by atoms with Crippen LogP contribution in [-0.4, -0.2) is 45.4 Å². The van der Waals surface area contributed by atoms with Gasteiger partial charge >= 0.3 is 0 Å². The van der Waals surface area contributed by atoms with Crippen molar-refractivity contribution in [2.24, 2.45) is 4.99 Å². The van der Waals surface area contributed by atoms with E-state index in [1.807, 2.05) is 24.5 Å². The standard InChI is InChI=1S/C25H24N5O/c1-31-24-5-3-2-4-21(24)10-11-22-12-13-23(25-28-27-18-30(22)25)20-8-6-19(7-9-20)16-29-15-14-26-17-29/h2-9,12-13,15,17-18H,10-11,14,16H2,1H3/q+1. The van der Waals surface area contributed by atoms with E-state index in [1.54, 1.807) is 13.4 Å². The van der Waals surface area contributed by atoms with Crippen LogP contribution in [0.1, 0.15) is 16.8 Å². The van der Waals surface area contributed by atoms with Crippen LogP contribution in [0.25, 0.3) is 16.8 Å². The van der Waals surface area contributed by atoms with Gasteiger partial charge in [-0.1, -0.05) is 47.5 Å². The van der Waals surface area contributed by atoms with Crippen LogP contribution >= 0.6 is 0 Å². The smallest absolute Gasteiger partial charge is 0.280 e. The van der Waals surface area contributed by atoms with Gasteiger partial charge in [0.05, 0.1) is 7.11 Å². The van der Waals surface area contributed by atoms with Crippen LogP contribution < -0.4 is 4.74 Å². The Morgan fingerprint density at radius 2 is 1.87 bits per heavy atom. The third-order valence-corrected chi connectivity index (χ3v) is 5.67. The van der Waals surface area contributed by atoms with Gasteiger partial charge in [0.25, 0.3) is 6.34 Å². The number of fused-ring (bicyclic) bond motifs is 1. The zero-order valence-electron chi connectivity index (χ0n) is 17.5. The van der Waals surface area contributed by atoms with E-state index in [0.29, 0.717) is 0 Å². The van der Waals surface area contributed by atoms with E-state index in [1.165, 1.54) is 16.8 Å². The molecule has 0 fully saturated rings. The van der Waals surface area contributed by atoms with Gasteiger partial charge in [-0.2, -0.15) is 0 Å². The number of para-hydroxylation sites is 1. The molecule has 1 aliphatic rings. The van der Waals surface area contributed by atoms with Gasteiger partial charge in [-0.3, -0.25) is 4.40 Å². The molecule has 6 heteroatoms. The molecule has 31 heavy (non-hydrogen) atoms. The summed E-state index contributed by atoms with van der Waals surface area (Å²) < 4.78 is 9.70. The molecule has 0 unspecified atom stereocenters. The van der Waals surface area contributed by atoms with Gasteiger partial charge in [0, 0.05) is 11.3 Å². The first kappa shape index (κ1) is 19.2. The second-order valence-electron chi connectivity index (χ2n) is 7.61. The Morgan fingerprint density at radius 1 is 1.00 bits per heavy atom. The molecule has 0 radical (unpaired) electrons. The van der Waals surface area contributed by atoms with Crippen LogP contribution in [0.2, 0.25) is 0 Å². The van der Waals surface area contributed by atoms with Gasteiger partial charge < -0.3 is 4.74 Å². The van der Waals surface area contributed by atoms with Crippen LogP contribution in [0.5, 0.6) is 5.75 Å². The molecule has 3 heterocycles. The number of pyridine rings is 1. The number of aliphatic imine (C=N–C) groups is 1. The molecular weight excluding hydrogens is 386 g/mol. The van der Waals surface area contributed by atoms with Crippen molar-refractivity contribution in [3.8, 4) is 16.9 Å². The van der Waals surface area contributed by atoms with Crippen LogP contribution in [0, 0.1) is 0 Å². The van der Waals surface area contributed by atoms with Crippen molar-refractivity contribution in [1.82, 2.24) is 14.6 Å². The van der Waals surface area contributed by atoms with Gasteiger partial charge in [-0.25, -0.2) is 4.58 Å². The molecule has 0 amide bonds. The van der Waals surface area contributed by atoms with Crippen LogP contribution in [0.4, 0.5) is 0 Å². The van der Waals surface area contributed by atoms with E-state index < -0.39 is 0 Å². The highest BCUT2D eigenvalue weighted by atomic mass is 16.5. The number of ether oxygens (including phenoxy) is 1. The summed E-state index contributed by atoms with van der Waals surface area (Å²) in [5.41, 5.74) is 6.72. The largest absolute Gasteiger partial charge is 0.496 e. The maximum absolute atomic E-state index is 5.49. The number of benzene rings is 2. The third-order valence-electron chi connectivity index (χ3n) is 5.67. The summed E-state index contributed by atoms with van der Waals surface area (Å²) in [6.07, 6.45) is 7.55. The Hall–Kier alpha value is -3.80. The number of rotatable bonds is 7. The summed E-state index contributed by atoms with van der Waals surface area (Å²) in [6, 6.07) is 21.1. The van der Waals surface area contributed by atoms with Crippen molar-refractivity contribution in [3.05, 3.63) is 83.8 Å². The van der Waals surface area contributed by atoms with Gasteiger partial charge in [0.2, 0.25) is 0 Å². The Labute approximate surface area is 181 Å². The average Bonchev–Trinajstić information content (AvgIpc) is 3.51. The lowest BCUT2D eigenvalue weighted by atomic mass is 10.0. The molecule has 0 saturated heterocycles. The normalized spacial score (nSPS) is 13.0. The Bertz CT molecular complexity index is 1270. The van der Waals surface area contributed by atoms with Crippen molar-refractivity contribution in [1.29, 1.82) is 0 Å². The quantitative estimate of drug-likeness (QED) is 0.435. The summed E-state index contributed by atoms with van der Waals surface area (Å²) in [6.45, 7) is 1.61. The lowest BCUT2D eigenvalue weighted by Gasteiger charge is -2.11. The minimum Gasteiger partial charge on any atom is -0.496 e. The molecule has 0 aliphatic carbocycles. The fourth-order valence-corrected chi connectivity index (χ4v) is 4.02. The second-order valence-corrected chi connectivity index (χ2v) is 7.61. The van der Waals surface area contributed by atoms with Crippen molar-refractivity contribution < 1.29 is 9.31 Å². The van der Waals surface area contributed by atoms with E-state index >= 15 is 0 Å². The highest BCUT2D eigenvalue weighted by Crippen LogP contribution is 2.26. The molecule has 6 nitrogen and oxygen atoms in total. The highest BCUT2D eigenvalue weighted by molar-refractivity contribution is 5.77. The number of methoxy groups -OCH3 is 1. The van der Waals surface area contributed by atoms with E-state index in [2.05, 4.69) is 72.8 Å². The predicted molar refractivity (Wildman–Crippen MR) is 122 cm³/mol. The maximum atomic E-state index is 5.49. The summed E-state index contributed by atoms with van der Waals surface area (Å²) in [5.74, 6) is 0.928. The zero-order chi connectivity index (χ0) is 21.0. The first-order valence-corrected chi connectivity index (χ1v) is 10.4. The molecule has 2 aromatic heterocycles. The van der Waals surface area contributed by atoms with E-state index in [0.717, 1.165) is 48.5 Å². The Balaban J connectivity index is 1.39. The second kappa shape index (κ2) is 8.52. The first-order valence-electron chi connectivity index (χ1n) is 10.4.